The van der Waals surface area contributed by atoms with E-state index in [9.17, 15) is 5.26 Å². The van der Waals surface area contributed by atoms with Gasteiger partial charge in [-0.05, 0) is 47.5 Å². The van der Waals surface area contributed by atoms with Crippen molar-refractivity contribution < 1.29 is 0 Å². The Labute approximate surface area is 192 Å². The zero-order chi connectivity index (χ0) is 21.1. The van der Waals surface area contributed by atoms with E-state index in [0.717, 1.165) is 43.0 Å². The van der Waals surface area contributed by atoms with Crippen molar-refractivity contribution >= 4 is 40.5 Å². The Morgan fingerprint density at radius 2 is 1.63 bits per heavy atom. The average Bonchev–Trinajstić information content (AvgIpc) is 2.75. The van der Waals surface area contributed by atoms with E-state index >= 15 is 0 Å². The molecule has 0 spiro atoms. The van der Waals surface area contributed by atoms with E-state index in [4.69, 9.17) is 34.8 Å². The molecule has 1 aliphatic rings. The molecule has 0 bridgehead atoms. The lowest BCUT2D eigenvalue weighted by Crippen LogP contribution is -2.48. The maximum atomic E-state index is 9.43. The standard InChI is InChI=1S/C24H20Cl3N3/c25-20-7-5-17(6-8-20)24-16-29(15-19-4-2-1-3-18(19)14-28)11-12-30(24)23-10-9-21(26)13-22(23)27/h1-10,13,24H,11-12,15-16H2. The second kappa shape index (κ2) is 9.29. The fourth-order valence-electron chi connectivity index (χ4n) is 3.96. The summed E-state index contributed by atoms with van der Waals surface area (Å²) in [4.78, 5) is 4.71. The van der Waals surface area contributed by atoms with Crippen LogP contribution >= 0.6 is 34.8 Å². The van der Waals surface area contributed by atoms with Crippen LogP contribution in [0.15, 0.2) is 66.7 Å². The van der Waals surface area contributed by atoms with Gasteiger partial charge in [0.05, 0.1) is 28.4 Å². The fourth-order valence-corrected chi connectivity index (χ4v) is 4.61. The van der Waals surface area contributed by atoms with Gasteiger partial charge in [0.15, 0.2) is 0 Å². The van der Waals surface area contributed by atoms with Crippen LogP contribution in [0.1, 0.15) is 22.7 Å². The normalized spacial score (nSPS) is 17.0. The van der Waals surface area contributed by atoms with Gasteiger partial charge in [0.1, 0.15) is 0 Å². The second-order valence-corrected chi connectivity index (χ2v) is 8.64. The molecule has 152 valence electrons. The van der Waals surface area contributed by atoms with Gasteiger partial charge in [-0.1, -0.05) is 65.1 Å². The van der Waals surface area contributed by atoms with Crippen LogP contribution in [0.25, 0.3) is 0 Å². The molecule has 6 heteroatoms. The van der Waals surface area contributed by atoms with E-state index in [-0.39, 0.29) is 6.04 Å². The maximum absolute atomic E-state index is 9.43. The number of anilines is 1. The molecule has 0 radical (unpaired) electrons. The summed E-state index contributed by atoms with van der Waals surface area (Å²) < 4.78 is 0. The van der Waals surface area contributed by atoms with E-state index in [1.54, 1.807) is 6.07 Å². The predicted molar refractivity (Wildman–Crippen MR) is 124 cm³/mol. The molecule has 0 N–H and O–H groups in total. The lowest BCUT2D eigenvalue weighted by Gasteiger charge is -2.43. The van der Waals surface area contributed by atoms with Crippen molar-refractivity contribution in [3.05, 3.63) is 98.5 Å². The first-order valence-corrected chi connectivity index (χ1v) is 10.9. The summed E-state index contributed by atoms with van der Waals surface area (Å²) in [6.45, 7) is 3.21. The van der Waals surface area contributed by atoms with Gasteiger partial charge in [0.2, 0.25) is 0 Å². The van der Waals surface area contributed by atoms with Crippen LogP contribution in [0.3, 0.4) is 0 Å². The molecule has 0 saturated carbocycles. The first kappa shape index (κ1) is 21.0. The minimum Gasteiger partial charge on any atom is -0.361 e. The molecule has 0 amide bonds. The number of halogens is 3. The van der Waals surface area contributed by atoms with Gasteiger partial charge in [0, 0.05) is 36.2 Å². The highest BCUT2D eigenvalue weighted by molar-refractivity contribution is 6.36. The number of piperazine rings is 1. The molecule has 4 rings (SSSR count). The highest BCUT2D eigenvalue weighted by Gasteiger charge is 2.30. The topological polar surface area (TPSA) is 30.3 Å². The van der Waals surface area contributed by atoms with Crippen LogP contribution in [0.5, 0.6) is 0 Å². The van der Waals surface area contributed by atoms with Crippen LogP contribution in [0.2, 0.25) is 15.1 Å². The predicted octanol–water partition coefficient (Wildman–Crippen LogP) is 6.58. The molecule has 3 aromatic rings. The highest BCUT2D eigenvalue weighted by Crippen LogP contribution is 2.37. The van der Waals surface area contributed by atoms with Gasteiger partial charge < -0.3 is 4.90 Å². The number of benzene rings is 3. The summed E-state index contributed by atoms with van der Waals surface area (Å²) in [7, 11) is 0. The van der Waals surface area contributed by atoms with Gasteiger partial charge in [-0.2, -0.15) is 5.26 Å². The highest BCUT2D eigenvalue weighted by atomic mass is 35.5. The molecule has 3 aromatic carbocycles. The van der Waals surface area contributed by atoms with Crippen molar-refractivity contribution in [3.63, 3.8) is 0 Å². The number of rotatable bonds is 4. The second-order valence-electron chi connectivity index (χ2n) is 7.36. The third-order valence-electron chi connectivity index (χ3n) is 5.47. The average molecular weight is 457 g/mol. The minimum atomic E-state index is 0.101. The Bertz CT molecular complexity index is 1080. The maximum Gasteiger partial charge on any atom is 0.0995 e. The molecular weight excluding hydrogens is 437 g/mol. The van der Waals surface area contributed by atoms with E-state index in [2.05, 4.69) is 28.0 Å². The van der Waals surface area contributed by atoms with E-state index in [1.807, 2.05) is 48.5 Å². The van der Waals surface area contributed by atoms with Crippen LogP contribution in [0.4, 0.5) is 5.69 Å². The van der Waals surface area contributed by atoms with Gasteiger partial charge >= 0.3 is 0 Å². The van der Waals surface area contributed by atoms with Crippen molar-refractivity contribution in [2.75, 3.05) is 24.5 Å². The Kier molecular flexibility index (Phi) is 6.51. The largest absolute Gasteiger partial charge is 0.361 e. The Balaban J connectivity index is 1.64. The van der Waals surface area contributed by atoms with Crippen LogP contribution in [-0.2, 0) is 6.54 Å². The molecule has 1 fully saturated rings. The monoisotopic (exact) mass is 455 g/mol. The quantitative estimate of drug-likeness (QED) is 0.444. The molecule has 1 atom stereocenters. The molecule has 1 heterocycles. The first-order chi connectivity index (χ1) is 14.5. The summed E-state index contributed by atoms with van der Waals surface area (Å²) in [5, 5.41) is 11.4. The van der Waals surface area contributed by atoms with Crippen molar-refractivity contribution in [3.8, 4) is 6.07 Å². The third kappa shape index (κ3) is 4.58. The molecule has 1 unspecified atom stereocenters. The SMILES string of the molecule is N#Cc1ccccc1CN1CCN(c2ccc(Cl)cc2Cl)C(c2ccc(Cl)cc2)C1. The molecule has 3 nitrogen and oxygen atoms in total. The molecular formula is C24H20Cl3N3. The number of nitriles is 1. The summed E-state index contributed by atoms with van der Waals surface area (Å²) in [5.41, 5.74) is 3.92. The summed E-state index contributed by atoms with van der Waals surface area (Å²) in [6, 6.07) is 23.8. The lowest BCUT2D eigenvalue weighted by molar-refractivity contribution is 0.215. The zero-order valence-corrected chi connectivity index (χ0v) is 18.5. The molecule has 0 aromatic heterocycles. The smallest absolute Gasteiger partial charge is 0.0995 e. The number of hydrogen-bond acceptors (Lipinski definition) is 3. The van der Waals surface area contributed by atoms with Gasteiger partial charge in [-0.3, -0.25) is 4.90 Å². The summed E-state index contributed by atoms with van der Waals surface area (Å²) >= 11 is 18.8. The first-order valence-electron chi connectivity index (χ1n) is 9.72. The Hall–Kier alpha value is -2.22. The molecule has 30 heavy (non-hydrogen) atoms. The van der Waals surface area contributed by atoms with Crippen LogP contribution < -0.4 is 4.90 Å². The fraction of sp³-hybridized carbons (Fsp3) is 0.208. The zero-order valence-electron chi connectivity index (χ0n) is 16.2. The van der Waals surface area contributed by atoms with Gasteiger partial charge in [-0.25, -0.2) is 0 Å². The van der Waals surface area contributed by atoms with E-state index in [0.29, 0.717) is 15.1 Å². The van der Waals surface area contributed by atoms with Crippen molar-refractivity contribution in [1.29, 1.82) is 5.26 Å². The van der Waals surface area contributed by atoms with Crippen LogP contribution in [-0.4, -0.2) is 24.5 Å². The van der Waals surface area contributed by atoms with Crippen molar-refractivity contribution in [2.24, 2.45) is 0 Å². The molecule has 1 aliphatic heterocycles. The summed E-state index contributed by atoms with van der Waals surface area (Å²) in [5.74, 6) is 0. The third-order valence-corrected chi connectivity index (χ3v) is 6.26. The van der Waals surface area contributed by atoms with E-state index in [1.165, 1.54) is 5.56 Å². The van der Waals surface area contributed by atoms with Crippen LogP contribution in [0, 0.1) is 11.3 Å². The lowest BCUT2D eigenvalue weighted by atomic mass is 10.00. The Morgan fingerprint density at radius 3 is 2.37 bits per heavy atom. The van der Waals surface area contributed by atoms with E-state index < -0.39 is 0 Å². The Morgan fingerprint density at radius 1 is 0.900 bits per heavy atom. The van der Waals surface area contributed by atoms with Gasteiger partial charge in [-0.15, -0.1) is 0 Å². The van der Waals surface area contributed by atoms with Crippen molar-refractivity contribution in [1.82, 2.24) is 4.90 Å². The number of hydrogen-bond donors (Lipinski definition) is 0. The van der Waals surface area contributed by atoms with Gasteiger partial charge in [0.25, 0.3) is 0 Å². The number of nitrogens with zero attached hydrogens (tertiary/aromatic N) is 3. The minimum absolute atomic E-state index is 0.101. The molecule has 1 saturated heterocycles. The van der Waals surface area contributed by atoms with Crippen molar-refractivity contribution in [2.45, 2.75) is 12.6 Å². The summed E-state index contributed by atoms with van der Waals surface area (Å²) in [6.07, 6.45) is 0. The molecule has 0 aliphatic carbocycles.